The minimum absolute atomic E-state index is 0.204. The minimum atomic E-state index is -3.64. The number of rotatable bonds is 9. The summed E-state index contributed by atoms with van der Waals surface area (Å²) in [6, 6.07) is 24.6. The Morgan fingerprint density at radius 3 is 2.34 bits per heavy atom. The highest BCUT2D eigenvalue weighted by Gasteiger charge is 2.13. The molecule has 0 aliphatic rings. The molecule has 0 aromatic heterocycles. The van der Waals surface area contributed by atoms with Crippen LogP contribution in [-0.4, -0.2) is 26.2 Å². The van der Waals surface area contributed by atoms with Crippen molar-refractivity contribution in [3.05, 3.63) is 96.6 Å². The number of benzene rings is 3. The smallest absolute Gasteiger partial charge is 0.261 e. The van der Waals surface area contributed by atoms with Gasteiger partial charge in [0, 0.05) is 12.1 Å². The average Bonchev–Trinajstić information content (AvgIpc) is 2.74. The van der Waals surface area contributed by atoms with Crippen molar-refractivity contribution in [1.82, 2.24) is 0 Å². The van der Waals surface area contributed by atoms with Crippen LogP contribution in [0, 0.1) is 0 Å². The lowest BCUT2D eigenvalue weighted by Gasteiger charge is -2.09. The van der Waals surface area contributed by atoms with E-state index in [1.54, 1.807) is 60.7 Å². The summed E-state index contributed by atoms with van der Waals surface area (Å²) in [5.74, 6) is 0.766. The molecule has 2 N–H and O–H groups in total. The zero-order valence-electron chi connectivity index (χ0n) is 15.8. The molecule has 6 heteroatoms. The van der Waals surface area contributed by atoms with Crippen LogP contribution in [0.15, 0.2) is 95.9 Å². The van der Waals surface area contributed by atoms with Crippen molar-refractivity contribution in [1.29, 1.82) is 0 Å². The topological polar surface area (TPSA) is 75.6 Å². The van der Waals surface area contributed by atoms with Crippen molar-refractivity contribution in [2.45, 2.75) is 17.4 Å². The fraction of sp³-hybridized carbons (Fsp3) is 0.130. The summed E-state index contributed by atoms with van der Waals surface area (Å²) in [6.45, 7) is 0.395. The van der Waals surface area contributed by atoms with Crippen molar-refractivity contribution >= 4 is 21.8 Å². The van der Waals surface area contributed by atoms with Crippen LogP contribution in [-0.2, 0) is 10.0 Å². The molecule has 0 unspecified atom stereocenters. The molecule has 0 saturated heterocycles. The lowest BCUT2D eigenvalue weighted by atomic mass is 10.1. The Balaban J connectivity index is 1.56. The van der Waals surface area contributed by atoms with Crippen LogP contribution in [0.3, 0.4) is 0 Å². The van der Waals surface area contributed by atoms with Crippen LogP contribution >= 0.6 is 0 Å². The van der Waals surface area contributed by atoms with E-state index in [9.17, 15) is 13.5 Å². The maximum atomic E-state index is 12.4. The largest absolute Gasteiger partial charge is 0.493 e. The summed E-state index contributed by atoms with van der Waals surface area (Å²) in [5.41, 5.74) is 1.24. The van der Waals surface area contributed by atoms with Crippen LogP contribution < -0.4 is 9.46 Å². The molecule has 150 valence electrons. The molecule has 29 heavy (non-hydrogen) atoms. The number of sulfonamides is 1. The van der Waals surface area contributed by atoms with Gasteiger partial charge in [0.1, 0.15) is 5.75 Å². The van der Waals surface area contributed by atoms with Crippen molar-refractivity contribution in [3.63, 3.8) is 0 Å². The predicted molar refractivity (Wildman–Crippen MR) is 115 cm³/mol. The lowest BCUT2D eigenvalue weighted by molar-refractivity contribution is 0.179. The fourth-order valence-corrected chi connectivity index (χ4v) is 3.72. The standard InChI is InChI=1S/C23H23NO4S/c25-21(16-17-28-22-10-3-1-4-11-22)15-14-19-8-7-9-20(18-19)24-29(26,27)23-12-5-2-6-13-23/h1-15,18,21,24-25H,16-17H2/b15-14+/t21-/m1/s1. The van der Waals surface area contributed by atoms with Gasteiger partial charge >= 0.3 is 0 Å². The van der Waals surface area contributed by atoms with E-state index >= 15 is 0 Å². The molecular weight excluding hydrogens is 386 g/mol. The third-order valence-corrected chi connectivity index (χ3v) is 5.53. The Kier molecular flexibility index (Phi) is 7.05. The summed E-state index contributed by atoms with van der Waals surface area (Å²) >= 11 is 0. The summed E-state index contributed by atoms with van der Waals surface area (Å²) in [4.78, 5) is 0.204. The fourth-order valence-electron chi connectivity index (χ4n) is 2.65. The van der Waals surface area contributed by atoms with Gasteiger partial charge in [-0.1, -0.05) is 60.7 Å². The van der Waals surface area contributed by atoms with Gasteiger partial charge in [-0.15, -0.1) is 0 Å². The Morgan fingerprint density at radius 1 is 0.931 bits per heavy atom. The number of ether oxygens (including phenoxy) is 1. The first-order valence-corrected chi connectivity index (χ1v) is 10.7. The highest BCUT2D eigenvalue weighted by atomic mass is 32.2. The van der Waals surface area contributed by atoms with E-state index in [0.29, 0.717) is 18.7 Å². The molecule has 3 aromatic carbocycles. The quantitative estimate of drug-likeness (QED) is 0.552. The van der Waals surface area contributed by atoms with Gasteiger partial charge in [-0.25, -0.2) is 8.42 Å². The van der Waals surface area contributed by atoms with Gasteiger partial charge in [0.15, 0.2) is 0 Å². The molecule has 3 rings (SSSR count). The van der Waals surface area contributed by atoms with Crippen molar-refractivity contribution in [2.75, 3.05) is 11.3 Å². The summed E-state index contributed by atoms with van der Waals surface area (Å²) in [6.07, 6.45) is 3.21. The molecule has 0 heterocycles. The average molecular weight is 410 g/mol. The summed E-state index contributed by atoms with van der Waals surface area (Å²) in [5, 5.41) is 10.1. The van der Waals surface area contributed by atoms with Crippen molar-refractivity contribution in [2.24, 2.45) is 0 Å². The Hall–Kier alpha value is -3.09. The van der Waals surface area contributed by atoms with Gasteiger partial charge in [-0.2, -0.15) is 0 Å². The molecule has 0 fully saturated rings. The molecule has 0 bridgehead atoms. The van der Waals surface area contributed by atoms with Gasteiger partial charge in [0.25, 0.3) is 10.0 Å². The minimum Gasteiger partial charge on any atom is -0.493 e. The molecule has 5 nitrogen and oxygen atoms in total. The van der Waals surface area contributed by atoms with Crippen LogP contribution in [0.2, 0.25) is 0 Å². The summed E-state index contributed by atoms with van der Waals surface area (Å²) < 4.78 is 33.0. The Morgan fingerprint density at radius 2 is 1.62 bits per heavy atom. The van der Waals surface area contributed by atoms with Crippen molar-refractivity contribution < 1.29 is 18.3 Å². The van der Waals surface area contributed by atoms with Crippen LogP contribution in [0.4, 0.5) is 5.69 Å². The van der Waals surface area contributed by atoms with E-state index in [1.165, 1.54) is 0 Å². The number of hydrogen-bond donors (Lipinski definition) is 2. The summed E-state index contributed by atoms with van der Waals surface area (Å²) in [7, 11) is -3.64. The monoisotopic (exact) mass is 409 g/mol. The molecule has 1 atom stereocenters. The molecule has 0 radical (unpaired) electrons. The third kappa shape index (κ3) is 6.48. The molecular formula is C23H23NO4S. The van der Waals surface area contributed by atoms with E-state index in [-0.39, 0.29) is 4.90 Å². The second-order valence-corrected chi connectivity index (χ2v) is 8.10. The second kappa shape index (κ2) is 9.91. The highest BCUT2D eigenvalue weighted by Crippen LogP contribution is 2.18. The number of nitrogens with one attached hydrogen (secondary N) is 1. The second-order valence-electron chi connectivity index (χ2n) is 6.42. The number of para-hydroxylation sites is 1. The molecule has 0 saturated carbocycles. The predicted octanol–water partition coefficient (Wildman–Crippen LogP) is 4.33. The normalized spacial score (nSPS) is 12.6. The Labute approximate surface area is 171 Å². The first-order chi connectivity index (χ1) is 14.0. The SMILES string of the molecule is O=S(=O)(Nc1cccc(/C=C/[C@@H](O)CCOc2ccccc2)c1)c1ccccc1. The Bertz CT molecular complexity index is 1030. The van der Waals surface area contributed by atoms with E-state index < -0.39 is 16.1 Å². The maximum absolute atomic E-state index is 12.4. The number of hydrogen-bond acceptors (Lipinski definition) is 4. The van der Waals surface area contributed by atoms with Crippen molar-refractivity contribution in [3.8, 4) is 5.75 Å². The van der Waals surface area contributed by atoms with E-state index in [0.717, 1.165) is 11.3 Å². The first kappa shape index (κ1) is 20.6. The zero-order chi connectivity index (χ0) is 20.5. The van der Waals surface area contributed by atoms with Gasteiger partial charge in [-0.3, -0.25) is 4.72 Å². The first-order valence-electron chi connectivity index (χ1n) is 9.25. The van der Waals surface area contributed by atoms with E-state index in [4.69, 9.17) is 4.74 Å². The van der Waals surface area contributed by atoms with Crippen LogP contribution in [0.25, 0.3) is 6.08 Å². The van der Waals surface area contributed by atoms with E-state index in [1.807, 2.05) is 36.4 Å². The lowest BCUT2D eigenvalue weighted by Crippen LogP contribution is -2.12. The maximum Gasteiger partial charge on any atom is 0.261 e. The van der Waals surface area contributed by atoms with Gasteiger partial charge in [0.05, 0.1) is 17.6 Å². The highest BCUT2D eigenvalue weighted by molar-refractivity contribution is 7.92. The molecule has 0 amide bonds. The molecule has 3 aromatic rings. The van der Waals surface area contributed by atoms with Gasteiger partial charge < -0.3 is 9.84 Å². The van der Waals surface area contributed by atoms with Gasteiger partial charge in [-0.05, 0) is 42.0 Å². The molecule has 0 aliphatic heterocycles. The van der Waals surface area contributed by atoms with Crippen LogP contribution in [0.5, 0.6) is 5.75 Å². The van der Waals surface area contributed by atoms with Gasteiger partial charge in [0.2, 0.25) is 0 Å². The van der Waals surface area contributed by atoms with Crippen LogP contribution in [0.1, 0.15) is 12.0 Å². The number of anilines is 1. The molecule has 0 spiro atoms. The zero-order valence-corrected chi connectivity index (χ0v) is 16.6. The number of aliphatic hydroxyl groups is 1. The third-order valence-electron chi connectivity index (χ3n) is 4.13. The molecule has 0 aliphatic carbocycles. The number of aliphatic hydroxyl groups excluding tert-OH is 1. The van der Waals surface area contributed by atoms with E-state index in [2.05, 4.69) is 4.72 Å².